The number of benzene rings is 3. The van der Waals surface area contributed by atoms with Crippen molar-refractivity contribution in [1.82, 2.24) is 4.31 Å². The quantitative estimate of drug-likeness (QED) is 0.351. The van der Waals surface area contributed by atoms with Gasteiger partial charge in [-0.15, -0.1) is 0 Å². The molecule has 0 saturated carbocycles. The highest BCUT2D eigenvalue weighted by Gasteiger charge is 2.30. The second-order valence-corrected chi connectivity index (χ2v) is 9.94. The number of sulfonamides is 1. The molecule has 7 nitrogen and oxygen atoms in total. The van der Waals surface area contributed by atoms with Gasteiger partial charge in [-0.05, 0) is 40.2 Å². The molecule has 34 heavy (non-hydrogen) atoms. The molecule has 0 N–H and O–H groups in total. The molecule has 0 bridgehead atoms. The molecule has 0 spiro atoms. The van der Waals surface area contributed by atoms with E-state index in [0.29, 0.717) is 34.1 Å². The zero-order valence-corrected chi connectivity index (χ0v) is 21.6. The molecule has 0 aromatic heterocycles. The minimum atomic E-state index is -4.28. The van der Waals surface area contributed by atoms with E-state index in [1.54, 1.807) is 36.4 Å². The van der Waals surface area contributed by atoms with Crippen molar-refractivity contribution in [2.75, 3.05) is 28.4 Å². The normalized spacial score (nSPS) is 11.4. The minimum Gasteiger partial charge on any atom is -0.497 e. The van der Waals surface area contributed by atoms with E-state index in [0.717, 1.165) is 0 Å². The Hall–Kier alpha value is -2.82. The van der Waals surface area contributed by atoms with Gasteiger partial charge in [0.25, 0.3) is 0 Å². The van der Waals surface area contributed by atoms with E-state index in [-0.39, 0.29) is 17.6 Å². The van der Waals surface area contributed by atoms with Crippen LogP contribution in [-0.2, 0) is 23.1 Å². The smallest absolute Gasteiger partial charge is 0.246 e. The molecule has 0 amide bonds. The molecule has 3 rings (SSSR count). The largest absolute Gasteiger partial charge is 0.497 e. The van der Waals surface area contributed by atoms with Crippen molar-refractivity contribution in [2.24, 2.45) is 0 Å². The van der Waals surface area contributed by atoms with Crippen LogP contribution in [0.15, 0.2) is 64.0 Å². The molecule has 3 aromatic carbocycles. The van der Waals surface area contributed by atoms with Crippen molar-refractivity contribution in [3.05, 3.63) is 76.0 Å². The monoisotopic (exact) mass is 553 g/mol. The maximum Gasteiger partial charge on any atom is 0.246 e. The summed E-state index contributed by atoms with van der Waals surface area (Å²) in [5.74, 6) is 1.14. The lowest BCUT2D eigenvalue weighted by Gasteiger charge is -2.25. The molecule has 0 aliphatic carbocycles. The Bertz CT molecular complexity index is 1210. The highest BCUT2D eigenvalue weighted by Crippen LogP contribution is 2.33. The fourth-order valence-corrected chi connectivity index (χ4v) is 5.37. The third kappa shape index (κ3) is 5.45. The number of hydrogen-bond acceptors (Lipinski definition) is 6. The predicted molar refractivity (Wildman–Crippen MR) is 130 cm³/mol. The zero-order chi connectivity index (χ0) is 24.9. The summed E-state index contributed by atoms with van der Waals surface area (Å²) in [4.78, 5) is -0.443. The van der Waals surface area contributed by atoms with E-state index in [9.17, 15) is 12.8 Å². The van der Waals surface area contributed by atoms with Crippen LogP contribution in [0, 0.1) is 5.82 Å². The van der Waals surface area contributed by atoms with Crippen LogP contribution in [0.2, 0.25) is 0 Å². The minimum absolute atomic E-state index is 0.0533. The summed E-state index contributed by atoms with van der Waals surface area (Å²) in [6.45, 7) is -0.173. The summed E-state index contributed by atoms with van der Waals surface area (Å²) in [5, 5.41) is 0. The maximum atomic E-state index is 14.9. The molecule has 0 heterocycles. The molecule has 0 radical (unpaired) electrons. The van der Waals surface area contributed by atoms with Gasteiger partial charge in [-0.3, -0.25) is 0 Å². The summed E-state index contributed by atoms with van der Waals surface area (Å²) >= 11 is 3.07. The number of nitrogens with zero attached hydrogens (tertiary/aromatic N) is 1. The molecule has 10 heteroatoms. The fourth-order valence-electron chi connectivity index (χ4n) is 3.39. The second kappa shape index (κ2) is 11.1. The maximum absolute atomic E-state index is 14.9. The average molecular weight is 554 g/mol. The highest BCUT2D eigenvalue weighted by molar-refractivity contribution is 9.10. The van der Waals surface area contributed by atoms with Crippen molar-refractivity contribution in [3.63, 3.8) is 0 Å². The Labute approximate surface area is 207 Å². The van der Waals surface area contributed by atoms with Crippen LogP contribution in [-0.4, -0.2) is 41.2 Å². The molecule has 182 valence electrons. The highest BCUT2D eigenvalue weighted by atomic mass is 79.9. The Kier molecular flexibility index (Phi) is 8.40. The fraction of sp³-hybridized carbons (Fsp3) is 0.250. The van der Waals surface area contributed by atoms with Gasteiger partial charge in [0.2, 0.25) is 10.0 Å². The van der Waals surface area contributed by atoms with E-state index in [4.69, 9.17) is 18.9 Å². The molecular weight excluding hydrogens is 529 g/mol. The summed E-state index contributed by atoms with van der Waals surface area (Å²) in [5.41, 5.74) is 1.16. The molecule has 0 aliphatic rings. The van der Waals surface area contributed by atoms with Crippen LogP contribution in [0.5, 0.6) is 23.0 Å². The summed E-state index contributed by atoms with van der Waals surface area (Å²) in [6, 6.07) is 14.3. The number of methoxy groups -OCH3 is 4. The van der Waals surface area contributed by atoms with Crippen LogP contribution in [0.3, 0.4) is 0 Å². The topological polar surface area (TPSA) is 74.3 Å². The first-order valence-electron chi connectivity index (χ1n) is 10.1. The van der Waals surface area contributed by atoms with Gasteiger partial charge in [-0.25, -0.2) is 12.8 Å². The molecule has 0 fully saturated rings. The summed E-state index contributed by atoms with van der Waals surface area (Å²) < 4.78 is 64.9. The van der Waals surface area contributed by atoms with Gasteiger partial charge in [-0.1, -0.05) is 18.2 Å². The van der Waals surface area contributed by atoms with Gasteiger partial charge < -0.3 is 18.9 Å². The van der Waals surface area contributed by atoms with Crippen molar-refractivity contribution in [2.45, 2.75) is 18.0 Å². The van der Waals surface area contributed by atoms with Gasteiger partial charge in [0.15, 0.2) is 5.82 Å². The number of ether oxygens (including phenoxy) is 4. The Morgan fingerprint density at radius 2 is 1.29 bits per heavy atom. The predicted octanol–water partition coefficient (Wildman–Crippen LogP) is 5.01. The second-order valence-electron chi connectivity index (χ2n) is 7.18. The van der Waals surface area contributed by atoms with Crippen LogP contribution < -0.4 is 18.9 Å². The van der Waals surface area contributed by atoms with Crippen LogP contribution in [0.4, 0.5) is 4.39 Å². The summed E-state index contributed by atoms with van der Waals surface area (Å²) in [6.07, 6.45) is 0. The first-order valence-corrected chi connectivity index (χ1v) is 12.3. The summed E-state index contributed by atoms with van der Waals surface area (Å²) in [7, 11) is 1.74. The first-order chi connectivity index (χ1) is 16.2. The molecule has 3 aromatic rings. The standard InChI is InChI=1S/C24H25BrFNO6S/c1-30-18-10-8-16(21(12-18)32-3)14-27(15-17-9-11-19(31-2)13-22(17)33-4)34(28,29)23-7-5-6-20(25)24(23)26/h5-13H,14-15H2,1-4H3. The third-order valence-electron chi connectivity index (χ3n) is 5.22. The molecular formula is C24H25BrFNO6S. The third-order valence-corrected chi connectivity index (χ3v) is 7.64. The van der Waals surface area contributed by atoms with Gasteiger partial charge in [0.05, 0.1) is 32.9 Å². The van der Waals surface area contributed by atoms with E-state index >= 15 is 0 Å². The number of rotatable bonds is 10. The molecule has 0 atom stereocenters. The SMILES string of the molecule is COc1ccc(CN(Cc2ccc(OC)cc2OC)S(=O)(=O)c2cccc(Br)c2F)c(OC)c1. The Morgan fingerprint density at radius 3 is 1.74 bits per heavy atom. The van der Waals surface area contributed by atoms with Gasteiger partial charge in [-0.2, -0.15) is 4.31 Å². The van der Waals surface area contributed by atoms with Crippen LogP contribution in [0.1, 0.15) is 11.1 Å². The van der Waals surface area contributed by atoms with Gasteiger partial charge in [0, 0.05) is 36.3 Å². The molecule has 0 saturated heterocycles. The van der Waals surface area contributed by atoms with E-state index < -0.39 is 20.7 Å². The van der Waals surface area contributed by atoms with Crippen molar-refractivity contribution >= 4 is 26.0 Å². The van der Waals surface area contributed by atoms with Gasteiger partial charge in [0.1, 0.15) is 27.9 Å². The van der Waals surface area contributed by atoms with Crippen molar-refractivity contribution in [3.8, 4) is 23.0 Å². The van der Waals surface area contributed by atoms with E-state index in [2.05, 4.69) is 15.9 Å². The van der Waals surface area contributed by atoms with Crippen molar-refractivity contribution in [1.29, 1.82) is 0 Å². The van der Waals surface area contributed by atoms with Crippen LogP contribution >= 0.6 is 15.9 Å². The number of hydrogen-bond donors (Lipinski definition) is 0. The van der Waals surface area contributed by atoms with E-state index in [1.165, 1.54) is 50.9 Å². The lowest BCUT2D eigenvalue weighted by Crippen LogP contribution is -2.31. The molecule has 0 unspecified atom stereocenters. The zero-order valence-electron chi connectivity index (χ0n) is 19.2. The Morgan fingerprint density at radius 1 is 0.794 bits per heavy atom. The lowest BCUT2D eigenvalue weighted by atomic mass is 10.1. The van der Waals surface area contributed by atoms with Crippen molar-refractivity contribution < 1.29 is 31.8 Å². The van der Waals surface area contributed by atoms with Gasteiger partial charge >= 0.3 is 0 Å². The first kappa shape index (κ1) is 25.8. The lowest BCUT2D eigenvalue weighted by molar-refractivity contribution is 0.357. The molecule has 0 aliphatic heterocycles. The Balaban J connectivity index is 2.11. The van der Waals surface area contributed by atoms with Crippen LogP contribution in [0.25, 0.3) is 0 Å². The number of halogens is 2. The average Bonchev–Trinajstić information content (AvgIpc) is 2.85. The van der Waals surface area contributed by atoms with E-state index in [1.807, 2.05) is 0 Å².